The Morgan fingerprint density at radius 1 is 1.10 bits per heavy atom. The highest BCUT2D eigenvalue weighted by molar-refractivity contribution is 9.10. The summed E-state index contributed by atoms with van der Waals surface area (Å²) in [6, 6.07) is 9.51. The summed E-state index contributed by atoms with van der Waals surface area (Å²) >= 11 is 6.46. The minimum Gasteiger partial charge on any atom is -0.306 e. The van der Waals surface area contributed by atoms with E-state index in [2.05, 4.69) is 37.2 Å². The summed E-state index contributed by atoms with van der Waals surface area (Å²) in [5.74, 6) is -0.631. The Morgan fingerprint density at radius 2 is 1.85 bits per heavy atom. The van der Waals surface area contributed by atoms with E-state index < -0.39 is 0 Å². The Morgan fingerprint density at radius 3 is 2.50 bits per heavy atom. The fourth-order valence-corrected chi connectivity index (χ4v) is 2.94. The van der Waals surface area contributed by atoms with Gasteiger partial charge in [0.15, 0.2) is 0 Å². The predicted octanol–water partition coefficient (Wildman–Crippen LogP) is 5.19. The smallest absolute Gasteiger partial charge is 0.137 e. The second-order valence-corrected chi connectivity index (χ2v) is 5.95. The number of halogens is 4. The molecule has 0 saturated carbocycles. The maximum atomic E-state index is 13.7. The maximum absolute atomic E-state index is 13.7. The minimum absolute atomic E-state index is 0.207. The predicted molar refractivity (Wildman–Crippen MR) is 83.7 cm³/mol. The first-order chi connectivity index (χ1) is 9.54. The van der Waals surface area contributed by atoms with Gasteiger partial charge in [-0.1, -0.05) is 25.1 Å². The molecule has 0 radical (unpaired) electrons. The third-order valence-electron chi connectivity index (χ3n) is 2.98. The van der Waals surface area contributed by atoms with Gasteiger partial charge in [0.1, 0.15) is 11.6 Å². The van der Waals surface area contributed by atoms with Crippen LogP contribution >= 0.6 is 31.9 Å². The lowest BCUT2D eigenvalue weighted by atomic mass is 9.98. The molecule has 0 spiro atoms. The Balaban J connectivity index is 2.50. The molecule has 0 aromatic heterocycles. The van der Waals surface area contributed by atoms with Crippen LogP contribution in [-0.2, 0) is 0 Å². The molecule has 0 aliphatic heterocycles. The van der Waals surface area contributed by atoms with Crippen LogP contribution in [0.2, 0.25) is 0 Å². The van der Waals surface area contributed by atoms with Crippen LogP contribution in [0.4, 0.5) is 8.78 Å². The van der Waals surface area contributed by atoms with Crippen molar-refractivity contribution in [3.63, 3.8) is 0 Å². The summed E-state index contributed by atoms with van der Waals surface area (Å²) in [4.78, 5) is 0. The summed E-state index contributed by atoms with van der Waals surface area (Å²) in [5.41, 5.74) is 1.65. The van der Waals surface area contributed by atoms with Gasteiger partial charge in [0.25, 0.3) is 0 Å². The van der Waals surface area contributed by atoms with E-state index in [1.54, 1.807) is 18.2 Å². The Labute approximate surface area is 133 Å². The minimum atomic E-state index is -0.317. The molecule has 1 unspecified atom stereocenters. The number of nitrogens with one attached hydrogen (secondary N) is 1. The van der Waals surface area contributed by atoms with Gasteiger partial charge < -0.3 is 5.32 Å². The van der Waals surface area contributed by atoms with Crippen LogP contribution in [0, 0.1) is 11.6 Å². The van der Waals surface area contributed by atoms with Crippen LogP contribution in [0.1, 0.15) is 24.1 Å². The van der Waals surface area contributed by atoms with Gasteiger partial charge in [-0.15, -0.1) is 0 Å². The quantitative estimate of drug-likeness (QED) is 0.739. The van der Waals surface area contributed by atoms with Crippen LogP contribution in [0.3, 0.4) is 0 Å². The molecule has 2 aromatic rings. The van der Waals surface area contributed by atoms with Gasteiger partial charge in [0.05, 0.1) is 15.0 Å². The topological polar surface area (TPSA) is 12.0 Å². The molecule has 1 N–H and O–H groups in total. The van der Waals surface area contributed by atoms with E-state index in [1.165, 1.54) is 12.1 Å². The number of benzene rings is 2. The molecule has 2 aromatic carbocycles. The zero-order valence-corrected chi connectivity index (χ0v) is 13.9. The molecule has 0 fully saturated rings. The summed E-state index contributed by atoms with van der Waals surface area (Å²) < 4.78 is 27.9. The third kappa shape index (κ3) is 3.27. The molecule has 0 bridgehead atoms. The van der Waals surface area contributed by atoms with Crippen molar-refractivity contribution < 1.29 is 8.78 Å². The second-order valence-electron chi connectivity index (χ2n) is 4.31. The lowest BCUT2D eigenvalue weighted by Gasteiger charge is -2.21. The number of hydrogen-bond acceptors (Lipinski definition) is 1. The first-order valence-corrected chi connectivity index (χ1v) is 7.75. The van der Waals surface area contributed by atoms with E-state index in [4.69, 9.17) is 0 Å². The standard InChI is InChI=1S/C15H13Br2F2N/c1-2-20-15(9-6-7-12(18)11(16)8-9)10-4-3-5-13(19)14(10)17/h3-8,15,20H,2H2,1H3. The zero-order chi connectivity index (χ0) is 14.7. The van der Waals surface area contributed by atoms with Crippen LogP contribution in [0.15, 0.2) is 45.3 Å². The molecule has 106 valence electrons. The molecule has 0 aliphatic carbocycles. The molecule has 20 heavy (non-hydrogen) atoms. The fourth-order valence-electron chi connectivity index (χ4n) is 2.05. The van der Waals surface area contributed by atoms with Crippen molar-refractivity contribution >= 4 is 31.9 Å². The van der Waals surface area contributed by atoms with Crippen molar-refractivity contribution in [2.24, 2.45) is 0 Å². The second kappa shape index (κ2) is 6.78. The molecule has 0 aliphatic rings. The molecule has 1 nitrogen and oxygen atoms in total. The average Bonchev–Trinajstić information content (AvgIpc) is 2.43. The molecule has 0 heterocycles. The first kappa shape index (κ1) is 15.6. The summed E-state index contributed by atoms with van der Waals surface area (Å²) in [6.07, 6.45) is 0. The van der Waals surface area contributed by atoms with Gasteiger partial charge in [-0.05, 0) is 67.7 Å². The van der Waals surface area contributed by atoms with Crippen molar-refractivity contribution in [3.05, 3.63) is 68.1 Å². The Hall–Kier alpha value is -0.780. The van der Waals surface area contributed by atoms with Crippen molar-refractivity contribution in [1.29, 1.82) is 0 Å². The van der Waals surface area contributed by atoms with Crippen LogP contribution in [0.25, 0.3) is 0 Å². The Kier molecular flexibility index (Phi) is 5.29. The van der Waals surface area contributed by atoms with Crippen molar-refractivity contribution in [2.75, 3.05) is 6.54 Å². The van der Waals surface area contributed by atoms with Gasteiger partial charge >= 0.3 is 0 Å². The molecule has 0 saturated heterocycles. The van der Waals surface area contributed by atoms with Gasteiger partial charge in [-0.3, -0.25) is 0 Å². The highest BCUT2D eigenvalue weighted by Gasteiger charge is 2.18. The normalized spacial score (nSPS) is 12.4. The van der Waals surface area contributed by atoms with Gasteiger partial charge in [0.2, 0.25) is 0 Å². The highest BCUT2D eigenvalue weighted by atomic mass is 79.9. The van der Waals surface area contributed by atoms with E-state index in [0.717, 1.165) is 11.1 Å². The van der Waals surface area contributed by atoms with Gasteiger partial charge in [0, 0.05) is 0 Å². The molecular formula is C15H13Br2F2N. The first-order valence-electron chi connectivity index (χ1n) is 6.16. The molecular weight excluding hydrogens is 392 g/mol. The summed E-state index contributed by atoms with van der Waals surface area (Å²) in [7, 11) is 0. The van der Waals surface area contributed by atoms with E-state index >= 15 is 0 Å². The van der Waals surface area contributed by atoms with Crippen molar-refractivity contribution in [1.82, 2.24) is 5.32 Å². The molecule has 2 rings (SSSR count). The Bertz CT molecular complexity index is 617. The maximum Gasteiger partial charge on any atom is 0.137 e. The zero-order valence-electron chi connectivity index (χ0n) is 10.8. The third-order valence-corrected chi connectivity index (χ3v) is 4.42. The van der Waals surface area contributed by atoms with Crippen LogP contribution < -0.4 is 5.32 Å². The monoisotopic (exact) mass is 403 g/mol. The largest absolute Gasteiger partial charge is 0.306 e. The molecule has 5 heteroatoms. The molecule has 1 atom stereocenters. The lowest BCUT2D eigenvalue weighted by Crippen LogP contribution is -2.22. The average molecular weight is 405 g/mol. The van der Waals surface area contributed by atoms with Crippen molar-refractivity contribution in [2.45, 2.75) is 13.0 Å². The van der Waals surface area contributed by atoms with E-state index in [0.29, 0.717) is 15.5 Å². The van der Waals surface area contributed by atoms with Crippen molar-refractivity contribution in [3.8, 4) is 0 Å². The SMILES string of the molecule is CCNC(c1ccc(F)c(Br)c1)c1cccc(F)c1Br. The summed E-state index contributed by atoms with van der Waals surface area (Å²) in [5, 5.41) is 3.29. The highest BCUT2D eigenvalue weighted by Crippen LogP contribution is 2.32. The fraction of sp³-hybridized carbons (Fsp3) is 0.200. The van der Waals surface area contributed by atoms with Gasteiger partial charge in [-0.2, -0.15) is 0 Å². The number of rotatable bonds is 4. The summed E-state index contributed by atoms with van der Waals surface area (Å²) in [6.45, 7) is 2.68. The molecule has 0 amide bonds. The van der Waals surface area contributed by atoms with Crippen LogP contribution in [0.5, 0.6) is 0 Å². The van der Waals surface area contributed by atoms with Gasteiger partial charge in [-0.25, -0.2) is 8.78 Å². The van der Waals surface area contributed by atoms with E-state index in [9.17, 15) is 8.78 Å². The number of hydrogen-bond donors (Lipinski definition) is 1. The van der Waals surface area contributed by atoms with Crippen LogP contribution in [-0.4, -0.2) is 6.54 Å². The van der Waals surface area contributed by atoms with E-state index in [-0.39, 0.29) is 17.7 Å². The lowest BCUT2D eigenvalue weighted by molar-refractivity contribution is 0.591. The van der Waals surface area contributed by atoms with E-state index in [1.807, 2.05) is 13.0 Å².